The minimum atomic E-state index is -0.689. The Morgan fingerprint density at radius 3 is 2.75 bits per heavy atom. The van der Waals surface area contributed by atoms with Gasteiger partial charge in [0.05, 0.1) is 35.4 Å². The number of thioether (sulfide) groups is 1. The van der Waals surface area contributed by atoms with Crippen LogP contribution in [-0.2, 0) is 4.79 Å². The van der Waals surface area contributed by atoms with Gasteiger partial charge in [0, 0.05) is 6.07 Å². The van der Waals surface area contributed by atoms with E-state index in [0.29, 0.717) is 21.4 Å². The summed E-state index contributed by atoms with van der Waals surface area (Å²) in [7, 11) is 3.00. The zero-order valence-electron chi connectivity index (χ0n) is 14.7. The lowest BCUT2D eigenvalue weighted by molar-refractivity contribution is -0.113. The number of aromatic amines is 2. The number of thiophene rings is 1. The molecule has 0 atom stereocenters. The number of carbonyl (C=O) groups excluding carboxylic acids is 1. The lowest BCUT2D eigenvalue weighted by Gasteiger charge is -2.11. The van der Waals surface area contributed by atoms with Gasteiger partial charge in [-0.2, -0.15) is 5.26 Å². The van der Waals surface area contributed by atoms with Crippen molar-refractivity contribution < 1.29 is 14.3 Å². The molecule has 0 radical (unpaired) electrons. The molecule has 9 nitrogen and oxygen atoms in total. The molecule has 3 aromatic rings. The molecule has 0 aliphatic carbocycles. The molecule has 2 heterocycles. The second-order valence-corrected chi connectivity index (χ2v) is 7.66. The Bertz CT molecular complexity index is 1200. The SMILES string of the molecule is COc1ccc(OC)c(NC(=O)CSc2sc3c(=O)[nH]c(=O)[nH]c3c2C#N)c1. The van der Waals surface area contributed by atoms with Gasteiger partial charge in [0.25, 0.3) is 5.56 Å². The Morgan fingerprint density at radius 2 is 2.07 bits per heavy atom. The van der Waals surface area contributed by atoms with Crippen LogP contribution in [0.5, 0.6) is 11.5 Å². The summed E-state index contributed by atoms with van der Waals surface area (Å²) in [6.45, 7) is 0. The number of fused-ring (bicyclic) bond motifs is 1. The minimum absolute atomic E-state index is 0.00992. The molecule has 144 valence electrons. The first kappa shape index (κ1) is 19.5. The molecule has 0 aliphatic heterocycles. The molecular formula is C17H14N4O5S2. The highest BCUT2D eigenvalue weighted by Crippen LogP contribution is 2.35. The maximum absolute atomic E-state index is 12.4. The molecule has 3 N–H and O–H groups in total. The molecule has 0 unspecified atom stereocenters. The smallest absolute Gasteiger partial charge is 0.326 e. The summed E-state index contributed by atoms with van der Waals surface area (Å²) < 4.78 is 11.1. The van der Waals surface area contributed by atoms with Crippen LogP contribution in [0.15, 0.2) is 32.0 Å². The summed E-state index contributed by atoms with van der Waals surface area (Å²) in [6, 6.07) is 6.99. The lowest BCUT2D eigenvalue weighted by Crippen LogP contribution is -2.20. The number of hydrogen-bond acceptors (Lipinski definition) is 8. The molecule has 11 heteroatoms. The molecule has 1 amide bonds. The van der Waals surface area contributed by atoms with E-state index in [0.717, 1.165) is 23.1 Å². The fourth-order valence-corrected chi connectivity index (χ4v) is 4.55. The molecule has 0 saturated carbocycles. The largest absolute Gasteiger partial charge is 0.497 e. The first-order chi connectivity index (χ1) is 13.5. The average Bonchev–Trinajstić information content (AvgIpc) is 3.04. The highest BCUT2D eigenvalue weighted by atomic mass is 32.2. The fourth-order valence-electron chi connectivity index (χ4n) is 2.43. The highest BCUT2D eigenvalue weighted by molar-refractivity contribution is 8.02. The summed E-state index contributed by atoms with van der Waals surface area (Å²) in [4.78, 5) is 40.3. The zero-order chi connectivity index (χ0) is 20.3. The van der Waals surface area contributed by atoms with E-state index in [2.05, 4.69) is 15.3 Å². The third-order valence-corrected chi connectivity index (χ3v) is 6.13. The van der Waals surface area contributed by atoms with Crippen LogP contribution in [0.3, 0.4) is 0 Å². The van der Waals surface area contributed by atoms with E-state index in [1.54, 1.807) is 18.2 Å². The first-order valence-electron chi connectivity index (χ1n) is 7.80. The van der Waals surface area contributed by atoms with Gasteiger partial charge >= 0.3 is 5.69 Å². The Morgan fingerprint density at radius 1 is 1.29 bits per heavy atom. The van der Waals surface area contributed by atoms with Crippen molar-refractivity contribution in [3.05, 3.63) is 44.6 Å². The number of rotatable bonds is 6. The van der Waals surface area contributed by atoms with E-state index in [1.807, 2.05) is 6.07 Å². The number of nitriles is 1. The third-order valence-electron chi connectivity index (χ3n) is 3.67. The van der Waals surface area contributed by atoms with Crippen molar-refractivity contribution in [3.8, 4) is 17.6 Å². The number of amides is 1. The normalized spacial score (nSPS) is 10.5. The molecule has 2 aromatic heterocycles. The van der Waals surface area contributed by atoms with Crippen LogP contribution in [0.1, 0.15) is 5.56 Å². The number of benzene rings is 1. The van der Waals surface area contributed by atoms with Crippen molar-refractivity contribution in [2.45, 2.75) is 4.21 Å². The second-order valence-electron chi connectivity index (χ2n) is 5.39. The number of nitrogens with one attached hydrogen (secondary N) is 3. The molecule has 0 spiro atoms. The molecule has 1 aromatic carbocycles. The van der Waals surface area contributed by atoms with Crippen LogP contribution in [0.25, 0.3) is 10.2 Å². The van der Waals surface area contributed by atoms with E-state index in [9.17, 15) is 19.6 Å². The van der Waals surface area contributed by atoms with Crippen molar-refractivity contribution in [2.24, 2.45) is 0 Å². The van der Waals surface area contributed by atoms with Crippen LogP contribution >= 0.6 is 23.1 Å². The van der Waals surface area contributed by atoms with E-state index in [4.69, 9.17) is 9.47 Å². The fraction of sp³-hybridized carbons (Fsp3) is 0.176. The van der Waals surface area contributed by atoms with E-state index < -0.39 is 11.2 Å². The second kappa shape index (κ2) is 8.20. The summed E-state index contributed by atoms with van der Waals surface area (Å²) in [5, 5.41) is 12.1. The molecule has 0 bridgehead atoms. The number of H-pyrrole nitrogens is 2. The number of ether oxygens (including phenoxy) is 2. The predicted molar refractivity (Wildman–Crippen MR) is 107 cm³/mol. The number of anilines is 1. The maximum atomic E-state index is 12.4. The van der Waals surface area contributed by atoms with Gasteiger partial charge in [0.2, 0.25) is 5.91 Å². The quantitative estimate of drug-likeness (QED) is 0.520. The molecular weight excluding hydrogens is 404 g/mol. The lowest BCUT2D eigenvalue weighted by atomic mass is 10.2. The number of aromatic nitrogens is 2. The van der Waals surface area contributed by atoms with Crippen LogP contribution in [0, 0.1) is 11.3 Å². The number of nitrogens with zero attached hydrogens (tertiary/aromatic N) is 1. The van der Waals surface area contributed by atoms with Gasteiger partial charge in [0.1, 0.15) is 27.8 Å². The number of hydrogen-bond donors (Lipinski definition) is 3. The average molecular weight is 418 g/mol. The highest BCUT2D eigenvalue weighted by Gasteiger charge is 2.18. The van der Waals surface area contributed by atoms with Gasteiger partial charge in [-0.1, -0.05) is 0 Å². The Balaban J connectivity index is 1.81. The standard InChI is InChI=1S/C17H14N4O5S2/c1-25-8-3-4-11(26-2)10(5-8)19-12(22)7-27-16-9(6-18)13-14(28-16)15(23)21-17(24)20-13/h3-5H,7H2,1-2H3,(H,19,22)(H2,20,21,23,24). The summed E-state index contributed by atoms with van der Waals surface area (Å²) in [6.07, 6.45) is 0. The number of carbonyl (C=O) groups is 1. The van der Waals surface area contributed by atoms with Gasteiger partial charge in [-0.15, -0.1) is 23.1 Å². The maximum Gasteiger partial charge on any atom is 0.326 e. The van der Waals surface area contributed by atoms with Crippen LogP contribution in [0.2, 0.25) is 0 Å². The monoisotopic (exact) mass is 418 g/mol. The molecule has 3 rings (SSSR count). The van der Waals surface area contributed by atoms with Gasteiger partial charge in [0.15, 0.2) is 0 Å². The van der Waals surface area contributed by atoms with Crippen molar-refractivity contribution in [1.29, 1.82) is 5.26 Å². The van der Waals surface area contributed by atoms with Gasteiger partial charge in [-0.05, 0) is 12.1 Å². The van der Waals surface area contributed by atoms with Crippen molar-refractivity contribution in [3.63, 3.8) is 0 Å². The van der Waals surface area contributed by atoms with Crippen molar-refractivity contribution in [2.75, 3.05) is 25.3 Å². The van der Waals surface area contributed by atoms with Gasteiger partial charge in [-0.25, -0.2) is 4.79 Å². The summed E-state index contributed by atoms with van der Waals surface area (Å²) in [5.41, 5.74) is -0.465. The van der Waals surface area contributed by atoms with Crippen LogP contribution in [-0.4, -0.2) is 35.8 Å². The molecule has 0 aliphatic rings. The molecule has 0 fully saturated rings. The van der Waals surface area contributed by atoms with Crippen LogP contribution in [0.4, 0.5) is 5.69 Å². The van der Waals surface area contributed by atoms with E-state index in [-0.39, 0.29) is 27.4 Å². The summed E-state index contributed by atoms with van der Waals surface area (Å²) in [5.74, 6) is 0.690. The van der Waals surface area contributed by atoms with Crippen molar-refractivity contribution in [1.82, 2.24) is 9.97 Å². The van der Waals surface area contributed by atoms with Gasteiger partial charge < -0.3 is 19.8 Å². The topological polar surface area (TPSA) is 137 Å². The van der Waals surface area contributed by atoms with E-state index in [1.165, 1.54) is 14.2 Å². The predicted octanol–water partition coefficient (Wildman–Crippen LogP) is 1.90. The Labute approximate surface area is 166 Å². The Kier molecular flexibility index (Phi) is 5.72. The Hall–Kier alpha value is -3.23. The van der Waals surface area contributed by atoms with Crippen molar-refractivity contribution >= 4 is 44.9 Å². The first-order valence-corrected chi connectivity index (χ1v) is 9.61. The molecule has 28 heavy (non-hydrogen) atoms. The van der Waals surface area contributed by atoms with Gasteiger partial charge in [-0.3, -0.25) is 14.6 Å². The zero-order valence-corrected chi connectivity index (χ0v) is 16.4. The molecule has 0 saturated heterocycles. The summed E-state index contributed by atoms with van der Waals surface area (Å²) >= 11 is 2.15. The third kappa shape index (κ3) is 3.88. The van der Waals surface area contributed by atoms with Crippen LogP contribution < -0.4 is 26.0 Å². The number of methoxy groups -OCH3 is 2. The minimum Gasteiger partial charge on any atom is -0.497 e. The van der Waals surface area contributed by atoms with E-state index >= 15 is 0 Å².